The molecule has 2 aliphatic rings. The first-order valence-electron chi connectivity index (χ1n) is 3.52. The average molecular weight is 162 g/mol. The molecule has 64 valence electrons. The molecular weight excluding hydrogens is 152 g/mol. The van der Waals surface area contributed by atoms with Gasteiger partial charge in [-0.15, -0.1) is 0 Å². The van der Waals surface area contributed by atoms with Crippen molar-refractivity contribution in [3.05, 3.63) is 0 Å². The SMILES string of the molecule is OC[C@@H](O)[C@@H]1O[C@H](O)[C@H]2O[C@H]12. The van der Waals surface area contributed by atoms with Gasteiger partial charge in [-0.3, -0.25) is 0 Å². The summed E-state index contributed by atoms with van der Waals surface area (Å²) in [4.78, 5) is 0. The first-order chi connectivity index (χ1) is 5.24. The minimum absolute atomic E-state index is 0.229. The molecule has 0 amide bonds. The molecule has 2 fully saturated rings. The van der Waals surface area contributed by atoms with Crippen LogP contribution in [0.15, 0.2) is 0 Å². The van der Waals surface area contributed by atoms with Crippen LogP contribution < -0.4 is 0 Å². The van der Waals surface area contributed by atoms with E-state index in [1.165, 1.54) is 0 Å². The summed E-state index contributed by atoms with van der Waals surface area (Å²) in [6.45, 7) is -0.371. The second-order valence-electron chi connectivity index (χ2n) is 2.81. The second kappa shape index (κ2) is 2.40. The Morgan fingerprint density at radius 1 is 1.27 bits per heavy atom. The van der Waals surface area contributed by atoms with Crippen LogP contribution in [0.1, 0.15) is 0 Å². The first kappa shape index (κ1) is 7.45. The normalized spacial score (nSPS) is 50.5. The molecule has 2 aliphatic heterocycles. The van der Waals surface area contributed by atoms with Gasteiger partial charge in [0.05, 0.1) is 6.61 Å². The summed E-state index contributed by atoms with van der Waals surface area (Å²) in [7, 11) is 0. The van der Waals surface area contributed by atoms with E-state index >= 15 is 0 Å². The van der Waals surface area contributed by atoms with Crippen LogP contribution in [-0.4, -0.2) is 52.6 Å². The van der Waals surface area contributed by atoms with Crippen molar-refractivity contribution in [2.24, 2.45) is 0 Å². The Labute approximate surface area is 63.2 Å². The zero-order chi connectivity index (χ0) is 8.01. The van der Waals surface area contributed by atoms with Gasteiger partial charge in [-0.05, 0) is 0 Å². The quantitative estimate of drug-likeness (QED) is 0.402. The highest BCUT2D eigenvalue weighted by molar-refractivity contribution is 5.01. The minimum Gasteiger partial charge on any atom is -0.394 e. The fourth-order valence-corrected chi connectivity index (χ4v) is 1.36. The fraction of sp³-hybridized carbons (Fsp3) is 1.00. The Bertz CT molecular complexity index is 159. The lowest BCUT2D eigenvalue weighted by Gasteiger charge is -2.17. The second-order valence-corrected chi connectivity index (χ2v) is 2.81. The molecule has 2 saturated heterocycles. The highest BCUT2D eigenvalue weighted by atomic mass is 16.7. The van der Waals surface area contributed by atoms with E-state index in [4.69, 9.17) is 24.8 Å². The predicted molar refractivity (Wildman–Crippen MR) is 32.6 cm³/mol. The van der Waals surface area contributed by atoms with E-state index < -0.39 is 18.5 Å². The van der Waals surface area contributed by atoms with E-state index in [0.29, 0.717) is 0 Å². The van der Waals surface area contributed by atoms with Gasteiger partial charge < -0.3 is 24.8 Å². The van der Waals surface area contributed by atoms with Crippen molar-refractivity contribution in [1.82, 2.24) is 0 Å². The van der Waals surface area contributed by atoms with Crippen molar-refractivity contribution >= 4 is 0 Å². The van der Waals surface area contributed by atoms with Gasteiger partial charge in [0.25, 0.3) is 0 Å². The standard InChI is InChI=1S/C6H10O5/c7-1-2(8)3-4-5(10-4)6(9)11-3/h2-9H,1H2/t2-,3+,4-,5+,6+/m1/s1. The van der Waals surface area contributed by atoms with Crippen LogP contribution in [0.3, 0.4) is 0 Å². The van der Waals surface area contributed by atoms with Gasteiger partial charge in [-0.1, -0.05) is 0 Å². The zero-order valence-corrected chi connectivity index (χ0v) is 5.75. The van der Waals surface area contributed by atoms with Crippen molar-refractivity contribution < 1.29 is 24.8 Å². The van der Waals surface area contributed by atoms with Gasteiger partial charge in [0.1, 0.15) is 24.4 Å². The Hall–Kier alpha value is -0.200. The fourth-order valence-electron chi connectivity index (χ4n) is 1.36. The predicted octanol–water partition coefficient (Wildman–Crippen LogP) is -2.18. The number of hydrogen-bond acceptors (Lipinski definition) is 5. The lowest BCUT2D eigenvalue weighted by molar-refractivity contribution is -0.171. The number of epoxide rings is 1. The van der Waals surface area contributed by atoms with Crippen LogP contribution in [0.4, 0.5) is 0 Å². The Kier molecular flexibility index (Phi) is 1.62. The number of aliphatic hydroxyl groups is 3. The molecule has 3 N–H and O–H groups in total. The number of ether oxygens (including phenoxy) is 2. The maximum Gasteiger partial charge on any atom is 0.184 e. The third-order valence-electron chi connectivity index (χ3n) is 2.03. The molecule has 5 heteroatoms. The molecule has 5 nitrogen and oxygen atoms in total. The van der Waals surface area contributed by atoms with Gasteiger partial charge >= 0.3 is 0 Å². The molecule has 2 rings (SSSR count). The number of rotatable bonds is 2. The molecule has 0 spiro atoms. The molecule has 0 aliphatic carbocycles. The topological polar surface area (TPSA) is 82.5 Å². The van der Waals surface area contributed by atoms with E-state index in [9.17, 15) is 0 Å². The van der Waals surface area contributed by atoms with E-state index in [1.807, 2.05) is 0 Å². The lowest BCUT2D eigenvalue weighted by Crippen LogP contribution is -2.34. The summed E-state index contributed by atoms with van der Waals surface area (Å²) in [5.74, 6) is 0. The summed E-state index contributed by atoms with van der Waals surface area (Å²) in [6, 6.07) is 0. The summed E-state index contributed by atoms with van der Waals surface area (Å²) in [5, 5.41) is 26.7. The third kappa shape index (κ3) is 1.05. The number of fused-ring (bicyclic) bond motifs is 1. The third-order valence-corrected chi connectivity index (χ3v) is 2.03. The van der Waals surface area contributed by atoms with Crippen molar-refractivity contribution in [2.75, 3.05) is 6.61 Å². The monoisotopic (exact) mass is 162 g/mol. The van der Waals surface area contributed by atoms with Crippen LogP contribution in [0, 0.1) is 0 Å². The van der Waals surface area contributed by atoms with Crippen LogP contribution in [0.25, 0.3) is 0 Å². The maximum atomic E-state index is 9.11. The van der Waals surface area contributed by atoms with Gasteiger partial charge in [-0.25, -0.2) is 0 Å². The van der Waals surface area contributed by atoms with Gasteiger partial charge in [-0.2, -0.15) is 0 Å². The van der Waals surface area contributed by atoms with E-state index in [0.717, 1.165) is 0 Å². The van der Waals surface area contributed by atoms with E-state index in [-0.39, 0.29) is 18.8 Å². The molecule has 0 saturated carbocycles. The lowest BCUT2D eigenvalue weighted by atomic mass is 10.1. The van der Waals surface area contributed by atoms with Crippen LogP contribution in [-0.2, 0) is 9.47 Å². The Morgan fingerprint density at radius 2 is 2.00 bits per heavy atom. The van der Waals surface area contributed by atoms with Gasteiger partial charge in [0, 0.05) is 0 Å². The molecule has 0 radical (unpaired) electrons. The van der Waals surface area contributed by atoms with Crippen molar-refractivity contribution in [3.8, 4) is 0 Å². The molecule has 0 bridgehead atoms. The summed E-state index contributed by atoms with van der Waals surface area (Å²) >= 11 is 0. The van der Waals surface area contributed by atoms with E-state index in [1.54, 1.807) is 0 Å². The summed E-state index contributed by atoms with van der Waals surface area (Å²) < 4.78 is 9.85. The molecule has 2 heterocycles. The highest BCUT2D eigenvalue weighted by Crippen LogP contribution is 2.39. The minimum atomic E-state index is -0.956. The molecule has 0 aromatic carbocycles. The molecular formula is C6H10O5. The van der Waals surface area contributed by atoms with Crippen molar-refractivity contribution in [3.63, 3.8) is 0 Å². The van der Waals surface area contributed by atoms with Crippen LogP contribution in [0.5, 0.6) is 0 Å². The van der Waals surface area contributed by atoms with Gasteiger partial charge in [0.15, 0.2) is 6.29 Å². The van der Waals surface area contributed by atoms with E-state index in [2.05, 4.69) is 0 Å². The number of hydrogen-bond donors (Lipinski definition) is 3. The van der Waals surface area contributed by atoms with Crippen molar-refractivity contribution in [2.45, 2.75) is 30.7 Å². The molecule has 0 aromatic heterocycles. The average Bonchev–Trinajstić information content (AvgIpc) is 2.72. The maximum absolute atomic E-state index is 9.11. The Balaban J connectivity index is 1.96. The molecule has 0 unspecified atom stereocenters. The zero-order valence-electron chi connectivity index (χ0n) is 5.75. The largest absolute Gasteiger partial charge is 0.394 e. The Morgan fingerprint density at radius 3 is 2.36 bits per heavy atom. The first-order valence-corrected chi connectivity index (χ1v) is 3.52. The molecule has 5 atom stereocenters. The van der Waals surface area contributed by atoms with Crippen molar-refractivity contribution in [1.29, 1.82) is 0 Å². The smallest absolute Gasteiger partial charge is 0.184 e. The molecule has 0 aromatic rings. The number of aliphatic hydroxyl groups excluding tert-OH is 3. The van der Waals surface area contributed by atoms with Crippen LogP contribution in [0.2, 0.25) is 0 Å². The molecule has 11 heavy (non-hydrogen) atoms. The van der Waals surface area contributed by atoms with Crippen LogP contribution >= 0.6 is 0 Å². The summed E-state index contributed by atoms with van der Waals surface area (Å²) in [5.41, 5.74) is 0. The summed E-state index contributed by atoms with van der Waals surface area (Å²) in [6.07, 6.45) is -2.98. The highest BCUT2D eigenvalue weighted by Gasteiger charge is 2.59. The van der Waals surface area contributed by atoms with Gasteiger partial charge in [0.2, 0.25) is 0 Å².